The molecule has 0 atom stereocenters. The summed E-state index contributed by atoms with van der Waals surface area (Å²) in [5, 5.41) is 3.16. The minimum absolute atomic E-state index is 0. The van der Waals surface area contributed by atoms with Crippen LogP contribution in [0.3, 0.4) is 0 Å². The summed E-state index contributed by atoms with van der Waals surface area (Å²) in [6.45, 7) is 1.73. The summed E-state index contributed by atoms with van der Waals surface area (Å²) in [6.07, 6.45) is 0. The summed E-state index contributed by atoms with van der Waals surface area (Å²) >= 11 is 3.40. The minimum Gasteiger partial charge on any atom is -0.497 e. The molecule has 0 spiro atoms. The Morgan fingerprint density at radius 2 is 2.17 bits per heavy atom. The number of likely N-dealkylation sites (N-methyl/N-ethyl adjacent to an activating group) is 1. The maximum absolute atomic E-state index is 12.3. The number of hydrogen-bond donors (Lipinski definition) is 1. The van der Waals surface area contributed by atoms with Crippen molar-refractivity contribution < 1.29 is 9.53 Å². The molecule has 6 heteroatoms. The molecule has 0 aliphatic carbocycles. The summed E-state index contributed by atoms with van der Waals surface area (Å²) < 4.78 is 5.93. The molecule has 100 valence electrons. The van der Waals surface area contributed by atoms with Crippen LogP contribution in [0.25, 0.3) is 0 Å². The zero-order valence-corrected chi connectivity index (χ0v) is 12.7. The first-order valence-electron chi connectivity index (χ1n) is 5.45. The van der Waals surface area contributed by atoms with Crippen LogP contribution in [0.2, 0.25) is 0 Å². The van der Waals surface area contributed by atoms with E-state index in [-0.39, 0.29) is 18.3 Å². The van der Waals surface area contributed by atoms with Gasteiger partial charge < -0.3 is 15.0 Å². The summed E-state index contributed by atoms with van der Waals surface area (Å²) in [6, 6.07) is 5.71. The van der Waals surface area contributed by atoms with Crippen molar-refractivity contribution in [3.63, 3.8) is 0 Å². The largest absolute Gasteiger partial charge is 0.497 e. The van der Waals surface area contributed by atoms with Gasteiger partial charge >= 0.3 is 0 Å². The molecule has 1 fully saturated rings. The van der Waals surface area contributed by atoms with Gasteiger partial charge in [0.15, 0.2) is 0 Å². The lowest BCUT2D eigenvalue weighted by Gasteiger charge is -2.35. The first-order chi connectivity index (χ1) is 8.13. The summed E-state index contributed by atoms with van der Waals surface area (Å²) in [5.41, 5.74) is 0.638. The Balaban J connectivity index is 0.00000162. The average molecular weight is 336 g/mol. The van der Waals surface area contributed by atoms with E-state index in [4.69, 9.17) is 4.74 Å². The third-order valence-electron chi connectivity index (χ3n) is 3.03. The molecule has 1 N–H and O–H groups in total. The van der Waals surface area contributed by atoms with Crippen LogP contribution in [0.5, 0.6) is 5.75 Å². The molecule has 1 aromatic rings. The molecule has 1 aromatic carbocycles. The van der Waals surface area contributed by atoms with Crippen molar-refractivity contribution in [3.8, 4) is 5.75 Å². The van der Waals surface area contributed by atoms with E-state index in [1.165, 1.54) is 0 Å². The Labute approximate surface area is 121 Å². The van der Waals surface area contributed by atoms with Gasteiger partial charge in [-0.25, -0.2) is 0 Å². The van der Waals surface area contributed by atoms with Crippen molar-refractivity contribution in [3.05, 3.63) is 28.2 Å². The lowest BCUT2D eigenvalue weighted by atomic mass is 10.1. The van der Waals surface area contributed by atoms with Gasteiger partial charge in [-0.3, -0.25) is 4.79 Å². The molecule has 18 heavy (non-hydrogen) atoms. The number of nitrogens with zero attached hydrogens (tertiary/aromatic N) is 1. The molecule has 2 rings (SSSR count). The number of methoxy groups -OCH3 is 1. The van der Waals surface area contributed by atoms with Crippen molar-refractivity contribution in [2.75, 3.05) is 27.2 Å². The summed E-state index contributed by atoms with van der Waals surface area (Å²) in [5.74, 6) is 0.707. The van der Waals surface area contributed by atoms with Crippen LogP contribution in [-0.2, 0) is 0 Å². The molecule has 0 radical (unpaired) electrons. The highest BCUT2D eigenvalue weighted by Gasteiger charge is 2.27. The monoisotopic (exact) mass is 334 g/mol. The zero-order chi connectivity index (χ0) is 12.4. The van der Waals surface area contributed by atoms with Crippen molar-refractivity contribution in [2.24, 2.45) is 0 Å². The van der Waals surface area contributed by atoms with Crippen LogP contribution < -0.4 is 10.1 Å². The second kappa shape index (κ2) is 6.41. The summed E-state index contributed by atoms with van der Waals surface area (Å²) in [4.78, 5) is 14.1. The fourth-order valence-corrected chi connectivity index (χ4v) is 2.11. The zero-order valence-electron chi connectivity index (χ0n) is 10.3. The smallest absolute Gasteiger partial charge is 0.255 e. The second-order valence-corrected chi connectivity index (χ2v) is 4.93. The van der Waals surface area contributed by atoms with E-state index in [1.54, 1.807) is 18.1 Å². The predicted molar refractivity (Wildman–Crippen MR) is 76.7 cm³/mol. The Kier molecular flexibility index (Phi) is 5.44. The molecular weight excluding hydrogens is 320 g/mol. The lowest BCUT2D eigenvalue weighted by Crippen LogP contribution is -2.57. The molecule has 1 aliphatic heterocycles. The van der Waals surface area contributed by atoms with E-state index in [1.807, 2.05) is 19.2 Å². The van der Waals surface area contributed by atoms with Gasteiger partial charge in [0.25, 0.3) is 5.91 Å². The third kappa shape index (κ3) is 2.96. The topological polar surface area (TPSA) is 41.6 Å². The van der Waals surface area contributed by atoms with Crippen LogP contribution in [0.1, 0.15) is 10.4 Å². The van der Waals surface area contributed by atoms with Crippen LogP contribution in [-0.4, -0.2) is 44.1 Å². The van der Waals surface area contributed by atoms with Crippen LogP contribution in [0.4, 0.5) is 0 Å². The Hall–Kier alpha value is -0.780. The SMILES string of the molecule is COc1ccc(Br)c(C(=O)N(C)C2CNC2)c1.Cl. The maximum atomic E-state index is 12.3. The quantitative estimate of drug-likeness (QED) is 0.917. The standard InChI is InChI=1S/C12H15BrN2O2.ClH/c1-15(8-6-14-7-8)12(16)10-5-9(17-2)3-4-11(10)13;/h3-5,8,14H,6-7H2,1-2H3;1H. The van der Waals surface area contributed by atoms with E-state index < -0.39 is 0 Å². The fraction of sp³-hybridized carbons (Fsp3) is 0.417. The highest BCUT2D eigenvalue weighted by Crippen LogP contribution is 2.24. The van der Waals surface area contributed by atoms with Gasteiger partial charge in [-0.2, -0.15) is 0 Å². The Morgan fingerprint density at radius 3 is 2.67 bits per heavy atom. The number of hydrogen-bond acceptors (Lipinski definition) is 3. The van der Waals surface area contributed by atoms with Gasteiger partial charge in [-0.15, -0.1) is 12.4 Å². The molecule has 0 unspecified atom stereocenters. The number of benzene rings is 1. The van der Waals surface area contributed by atoms with E-state index >= 15 is 0 Å². The van der Waals surface area contributed by atoms with Gasteiger partial charge in [0, 0.05) is 24.6 Å². The first kappa shape index (κ1) is 15.3. The van der Waals surface area contributed by atoms with E-state index in [0.717, 1.165) is 17.6 Å². The number of ether oxygens (including phenoxy) is 1. The average Bonchev–Trinajstić information content (AvgIpc) is 2.26. The van der Waals surface area contributed by atoms with Gasteiger partial charge in [-0.05, 0) is 34.1 Å². The van der Waals surface area contributed by atoms with Crippen molar-refractivity contribution in [1.82, 2.24) is 10.2 Å². The van der Waals surface area contributed by atoms with Gasteiger partial charge in [0.2, 0.25) is 0 Å². The van der Waals surface area contributed by atoms with E-state index in [2.05, 4.69) is 21.2 Å². The lowest BCUT2D eigenvalue weighted by molar-refractivity contribution is 0.0680. The number of amides is 1. The molecule has 0 bridgehead atoms. The highest BCUT2D eigenvalue weighted by atomic mass is 79.9. The van der Waals surface area contributed by atoms with E-state index in [0.29, 0.717) is 17.4 Å². The highest BCUT2D eigenvalue weighted by molar-refractivity contribution is 9.10. The number of carbonyl (C=O) groups excluding carboxylic acids is 1. The molecular formula is C12H16BrClN2O2. The molecule has 4 nitrogen and oxygen atoms in total. The molecule has 1 heterocycles. The van der Waals surface area contributed by atoms with Gasteiger partial charge in [-0.1, -0.05) is 0 Å². The number of rotatable bonds is 3. The van der Waals surface area contributed by atoms with Crippen LogP contribution in [0, 0.1) is 0 Å². The van der Waals surface area contributed by atoms with Gasteiger partial charge in [0.1, 0.15) is 5.75 Å². The van der Waals surface area contributed by atoms with Crippen molar-refractivity contribution in [1.29, 1.82) is 0 Å². The van der Waals surface area contributed by atoms with Crippen molar-refractivity contribution >= 4 is 34.2 Å². The van der Waals surface area contributed by atoms with Crippen LogP contribution >= 0.6 is 28.3 Å². The Morgan fingerprint density at radius 1 is 1.50 bits per heavy atom. The predicted octanol–water partition coefficient (Wildman–Crippen LogP) is 1.92. The molecule has 1 amide bonds. The third-order valence-corrected chi connectivity index (χ3v) is 3.72. The van der Waals surface area contributed by atoms with Crippen LogP contribution in [0.15, 0.2) is 22.7 Å². The van der Waals surface area contributed by atoms with Crippen molar-refractivity contribution in [2.45, 2.75) is 6.04 Å². The molecule has 1 saturated heterocycles. The number of carbonyl (C=O) groups is 1. The maximum Gasteiger partial charge on any atom is 0.255 e. The summed E-state index contributed by atoms with van der Waals surface area (Å²) in [7, 11) is 3.43. The van der Waals surface area contributed by atoms with E-state index in [9.17, 15) is 4.79 Å². The second-order valence-electron chi connectivity index (χ2n) is 4.07. The number of nitrogens with one attached hydrogen (secondary N) is 1. The van der Waals surface area contributed by atoms with Gasteiger partial charge in [0.05, 0.1) is 18.7 Å². The minimum atomic E-state index is 0. The fourth-order valence-electron chi connectivity index (χ4n) is 1.70. The Bertz CT molecular complexity index is 438. The molecule has 0 aromatic heterocycles. The first-order valence-corrected chi connectivity index (χ1v) is 6.24. The normalized spacial score (nSPS) is 14.4. The molecule has 0 saturated carbocycles. The molecule has 1 aliphatic rings. The number of halogens is 2.